The second-order valence-corrected chi connectivity index (χ2v) is 3.81. The molecule has 2 rings (SSSR count). The molecule has 0 fully saturated rings. The Morgan fingerprint density at radius 3 is 2.53 bits per heavy atom. The topological polar surface area (TPSA) is 32.9 Å². The molecule has 2 aromatic rings. The monoisotopic (exact) mass is 219 g/mol. The number of pyridine rings is 1. The number of nitrogens with one attached hydrogen (secondary N) is 1. The first-order chi connectivity index (χ1) is 7.16. The first-order valence-corrected chi connectivity index (χ1v) is 5.00. The van der Waals surface area contributed by atoms with Gasteiger partial charge in [0.25, 0.3) is 0 Å². The average molecular weight is 220 g/mol. The lowest BCUT2D eigenvalue weighted by molar-refractivity contribution is 1.24. The maximum absolute atomic E-state index is 11.1. The fourth-order valence-electron chi connectivity index (χ4n) is 1.40. The van der Waals surface area contributed by atoms with E-state index in [-0.39, 0.29) is 5.56 Å². The van der Waals surface area contributed by atoms with Crippen molar-refractivity contribution in [2.24, 2.45) is 0 Å². The van der Waals surface area contributed by atoms with E-state index in [4.69, 9.17) is 11.6 Å². The van der Waals surface area contributed by atoms with Crippen LogP contribution in [-0.2, 0) is 0 Å². The summed E-state index contributed by atoms with van der Waals surface area (Å²) in [5.41, 5.74) is 2.76. The highest BCUT2D eigenvalue weighted by Gasteiger charge is 2.00. The summed E-state index contributed by atoms with van der Waals surface area (Å²) in [4.78, 5) is 13.7. The number of aromatic nitrogens is 1. The van der Waals surface area contributed by atoms with E-state index in [0.29, 0.717) is 5.02 Å². The van der Waals surface area contributed by atoms with Crippen LogP contribution in [0.3, 0.4) is 0 Å². The number of halogens is 1. The van der Waals surface area contributed by atoms with E-state index >= 15 is 0 Å². The van der Waals surface area contributed by atoms with E-state index < -0.39 is 0 Å². The largest absolute Gasteiger partial charge is 0.329 e. The van der Waals surface area contributed by atoms with Crippen LogP contribution in [0.15, 0.2) is 41.3 Å². The molecular formula is C12H10ClNO. The highest BCUT2D eigenvalue weighted by Crippen LogP contribution is 2.23. The number of benzene rings is 1. The molecule has 76 valence electrons. The van der Waals surface area contributed by atoms with Crippen LogP contribution in [0, 0.1) is 6.92 Å². The minimum absolute atomic E-state index is 0.107. The van der Waals surface area contributed by atoms with Gasteiger partial charge < -0.3 is 4.98 Å². The molecule has 0 amide bonds. The van der Waals surface area contributed by atoms with Gasteiger partial charge in [-0.05, 0) is 35.7 Å². The van der Waals surface area contributed by atoms with E-state index in [1.54, 1.807) is 12.3 Å². The first-order valence-electron chi connectivity index (χ1n) is 4.62. The van der Waals surface area contributed by atoms with Crippen LogP contribution in [0.1, 0.15) is 5.56 Å². The van der Waals surface area contributed by atoms with E-state index in [2.05, 4.69) is 4.98 Å². The number of rotatable bonds is 1. The average Bonchev–Trinajstić information content (AvgIpc) is 2.22. The third-order valence-electron chi connectivity index (χ3n) is 2.28. The first kappa shape index (κ1) is 9.99. The van der Waals surface area contributed by atoms with Crippen molar-refractivity contribution < 1.29 is 0 Å². The predicted molar refractivity (Wildman–Crippen MR) is 62.2 cm³/mol. The third-order valence-corrected chi connectivity index (χ3v) is 2.69. The van der Waals surface area contributed by atoms with Gasteiger partial charge in [-0.2, -0.15) is 0 Å². The molecule has 3 heteroatoms. The molecule has 0 aliphatic carbocycles. The number of aryl methyl sites for hydroxylation is 1. The summed E-state index contributed by atoms with van der Waals surface area (Å²) >= 11 is 6.02. The van der Waals surface area contributed by atoms with Gasteiger partial charge in [-0.15, -0.1) is 0 Å². The lowest BCUT2D eigenvalue weighted by Gasteiger charge is -2.03. The van der Waals surface area contributed by atoms with Gasteiger partial charge in [0, 0.05) is 17.3 Å². The maximum atomic E-state index is 11.1. The fraction of sp³-hybridized carbons (Fsp3) is 0.0833. The van der Waals surface area contributed by atoms with Gasteiger partial charge in [0.2, 0.25) is 5.56 Å². The highest BCUT2D eigenvalue weighted by molar-refractivity contribution is 6.31. The Morgan fingerprint density at radius 2 is 1.87 bits per heavy atom. The molecule has 0 saturated carbocycles. The zero-order chi connectivity index (χ0) is 10.8. The second kappa shape index (κ2) is 3.91. The van der Waals surface area contributed by atoms with Crippen molar-refractivity contribution in [3.8, 4) is 11.1 Å². The van der Waals surface area contributed by atoms with Crippen molar-refractivity contribution in [2.75, 3.05) is 0 Å². The smallest absolute Gasteiger partial charge is 0.248 e. The standard InChI is InChI=1S/C12H10ClNO/c1-8-2-3-9(6-11(8)13)10-4-5-14-12(15)7-10/h2-7H,1H3,(H,14,15). The molecule has 0 spiro atoms. The van der Waals surface area contributed by atoms with Gasteiger partial charge in [0.15, 0.2) is 0 Å². The van der Waals surface area contributed by atoms with Crippen molar-refractivity contribution in [1.29, 1.82) is 0 Å². The molecule has 1 N–H and O–H groups in total. The summed E-state index contributed by atoms with van der Waals surface area (Å²) in [7, 11) is 0. The normalized spacial score (nSPS) is 10.3. The second-order valence-electron chi connectivity index (χ2n) is 3.41. The van der Waals surface area contributed by atoms with Gasteiger partial charge in [0.05, 0.1) is 0 Å². The van der Waals surface area contributed by atoms with E-state index in [1.807, 2.05) is 31.2 Å². The Bertz CT molecular complexity index is 545. The predicted octanol–water partition coefficient (Wildman–Crippen LogP) is 3.00. The molecule has 2 nitrogen and oxygen atoms in total. The Hall–Kier alpha value is -1.54. The zero-order valence-electron chi connectivity index (χ0n) is 8.25. The van der Waals surface area contributed by atoms with Crippen LogP contribution < -0.4 is 5.56 Å². The Morgan fingerprint density at radius 1 is 1.13 bits per heavy atom. The number of aromatic amines is 1. The summed E-state index contributed by atoms with van der Waals surface area (Å²) < 4.78 is 0. The summed E-state index contributed by atoms with van der Waals surface area (Å²) in [5, 5.41) is 0.716. The van der Waals surface area contributed by atoms with Crippen molar-refractivity contribution in [3.05, 3.63) is 57.5 Å². The lowest BCUT2D eigenvalue weighted by Crippen LogP contribution is -2.01. The van der Waals surface area contributed by atoms with E-state index in [9.17, 15) is 4.79 Å². The van der Waals surface area contributed by atoms with Crippen LogP contribution in [0.25, 0.3) is 11.1 Å². The Balaban J connectivity index is 2.55. The van der Waals surface area contributed by atoms with Crippen LogP contribution in [0.5, 0.6) is 0 Å². The van der Waals surface area contributed by atoms with E-state index in [1.165, 1.54) is 0 Å². The number of hydrogen-bond donors (Lipinski definition) is 1. The molecule has 0 radical (unpaired) electrons. The molecule has 0 aliphatic heterocycles. The lowest BCUT2D eigenvalue weighted by atomic mass is 10.1. The molecule has 1 aromatic carbocycles. The number of H-pyrrole nitrogens is 1. The summed E-state index contributed by atoms with van der Waals surface area (Å²) in [6.45, 7) is 1.95. The Kier molecular flexibility index (Phi) is 2.60. The summed E-state index contributed by atoms with van der Waals surface area (Å²) in [6, 6.07) is 9.17. The molecule has 0 bridgehead atoms. The van der Waals surface area contributed by atoms with E-state index in [0.717, 1.165) is 16.7 Å². The quantitative estimate of drug-likeness (QED) is 0.786. The van der Waals surface area contributed by atoms with Gasteiger partial charge in [0.1, 0.15) is 0 Å². The van der Waals surface area contributed by atoms with Crippen LogP contribution in [0.2, 0.25) is 5.02 Å². The van der Waals surface area contributed by atoms with Crippen LogP contribution in [-0.4, -0.2) is 4.98 Å². The maximum Gasteiger partial charge on any atom is 0.248 e. The summed E-state index contributed by atoms with van der Waals surface area (Å²) in [6.07, 6.45) is 1.63. The van der Waals surface area contributed by atoms with Gasteiger partial charge in [-0.1, -0.05) is 23.7 Å². The van der Waals surface area contributed by atoms with Crippen LogP contribution >= 0.6 is 11.6 Å². The third kappa shape index (κ3) is 2.10. The number of hydrogen-bond acceptors (Lipinski definition) is 1. The minimum Gasteiger partial charge on any atom is -0.329 e. The van der Waals surface area contributed by atoms with Gasteiger partial charge in [-0.25, -0.2) is 0 Å². The molecule has 1 aromatic heterocycles. The van der Waals surface area contributed by atoms with Gasteiger partial charge >= 0.3 is 0 Å². The SMILES string of the molecule is Cc1ccc(-c2cc[nH]c(=O)c2)cc1Cl. The minimum atomic E-state index is -0.107. The van der Waals surface area contributed by atoms with Crippen molar-refractivity contribution in [2.45, 2.75) is 6.92 Å². The van der Waals surface area contributed by atoms with Crippen molar-refractivity contribution in [1.82, 2.24) is 4.98 Å². The zero-order valence-corrected chi connectivity index (χ0v) is 9.01. The van der Waals surface area contributed by atoms with Crippen molar-refractivity contribution in [3.63, 3.8) is 0 Å². The highest BCUT2D eigenvalue weighted by atomic mass is 35.5. The van der Waals surface area contributed by atoms with Crippen molar-refractivity contribution >= 4 is 11.6 Å². The molecule has 0 aliphatic rings. The molecule has 15 heavy (non-hydrogen) atoms. The summed E-state index contributed by atoms with van der Waals surface area (Å²) in [5.74, 6) is 0. The van der Waals surface area contributed by atoms with Gasteiger partial charge in [-0.3, -0.25) is 4.79 Å². The fourth-order valence-corrected chi connectivity index (χ4v) is 1.58. The molecule has 0 atom stereocenters. The van der Waals surface area contributed by atoms with Crippen LogP contribution in [0.4, 0.5) is 0 Å². The molecule has 0 unspecified atom stereocenters. The Labute approximate surface area is 92.5 Å². The molecule has 1 heterocycles. The molecular weight excluding hydrogens is 210 g/mol. The molecule has 0 saturated heterocycles.